The summed E-state index contributed by atoms with van der Waals surface area (Å²) in [5, 5.41) is 19.5. The Balaban J connectivity index is 1.73. The van der Waals surface area contributed by atoms with Crippen LogP contribution in [-0.2, 0) is 4.79 Å². The van der Waals surface area contributed by atoms with Gasteiger partial charge in [-0.2, -0.15) is 5.10 Å². The molecule has 0 saturated carbocycles. The van der Waals surface area contributed by atoms with E-state index in [4.69, 9.17) is 11.6 Å². The maximum absolute atomic E-state index is 13.4. The number of carboxylic acids is 1. The van der Waals surface area contributed by atoms with E-state index >= 15 is 0 Å². The number of anilines is 2. The van der Waals surface area contributed by atoms with Crippen LogP contribution >= 0.6 is 11.6 Å². The van der Waals surface area contributed by atoms with Gasteiger partial charge in [0.05, 0.1) is 12.2 Å². The van der Waals surface area contributed by atoms with Gasteiger partial charge in [0.2, 0.25) is 0 Å². The highest BCUT2D eigenvalue weighted by Gasteiger charge is 2.29. The van der Waals surface area contributed by atoms with Crippen molar-refractivity contribution in [1.82, 2.24) is 9.78 Å². The van der Waals surface area contributed by atoms with Gasteiger partial charge in [0.15, 0.2) is 0 Å². The molecule has 9 heteroatoms. The van der Waals surface area contributed by atoms with Gasteiger partial charge in [0.1, 0.15) is 22.9 Å². The molecular weight excluding hydrogens is 399 g/mol. The number of allylic oxidation sites excluding steroid dienone is 1. The lowest BCUT2D eigenvalue weighted by Crippen LogP contribution is -2.25. The van der Waals surface area contributed by atoms with Gasteiger partial charge in [-0.05, 0) is 42.0 Å². The number of halogens is 2. The highest BCUT2D eigenvalue weighted by Crippen LogP contribution is 2.33. The van der Waals surface area contributed by atoms with Crippen LogP contribution in [0.15, 0.2) is 66.5 Å². The molecule has 0 aliphatic carbocycles. The number of rotatable bonds is 4. The molecule has 0 bridgehead atoms. The summed E-state index contributed by atoms with van der Waals surface area (Å²) in [6.45, 7) is 0. The molecule has 29 heavy (non-hydrogen) atoms. The summed E-state index contributed by atoms with van der Waals surface area (Å²) in [4.78, 5) is 24.3. The minimum Gasteiger partial charge on any atom is -0.477 e. The summed E-state index contributed by atoms with van der Waals surface area (Å²) in [7, 11) is 0. The first-order valence-corrected chi connectivity index (χ1v) is 8.92. The van der Waals surface area contributed by atoms with Gasteiger partial charge in [-0.3, -0.25) is 4.79 Å². The number of fused-ring (bicyclic) bond motifs is 1. The smallest absolute Gasteiger partial charge is 0.352 e. The van der Waals surface area contributed by atoms with Crippen molar-refractivity contribution in [1.29, 1.82) is 0 Å². The second kappa shape index (κ2) is 7.40. The molecule has 3 N–H and O–H groups in total. The van der Waals surface area contributed by atoms with Gasteiger partial charge in [-0.1, -0.05) is 29.8 Å². The maximum Gasteiger partial charge on any atom is 0.352 e. The molecule has 2 aromatic carbocycles. The first kappa shape index (κ1) is 18.7. The Labute approximate surface area is 169 Å². The number of amides is 1. The fourth-order valence-corrected chi connectivity index (χ4v) is 3.28. The molecule has 146 valence electrons. The number of aliphatic carboxylic acids is 1. The zero-order valence-electron chi connectivity index (χ0n) is 14.8. The van der Waals surface area contributed by atoms with Crippen molar-refractivity contribution in [3.05, 3.63) is 88.5 Å². The zero-order valence-corrected chi connectivity index (χ0v) is 15.5. The lowest BCUT2D eigenvalue weighted by Gasteiger charge is -2.24. The van der Waals surface area contributed by atoms with Crippen molar-refractivity contribution < 1.29 is 19.1 Å². The predicted octanol–water partition coefficient (Wildman–Crippen LogP) is 3.91. The first-order chi connectivity index (χ1) is 13.9. The van der Waals surface area contributed by atoms with Crippen LogP contribution in [-0.4, -0.2) is 26.8 Å². The van der Waals surface area contributed by atoms with E-state index in [0.29, 0.717) is 10.6 Å². The van der Waals surface area contributed by atoms with Crippen LogP contribution in [0.25, 0.3) is 0 Å². The fourth-order valence-electron chi connectivity index (χ4n) is 3.08. The van der Waals surface area contributed by atoms with Gasteiger partial charge >= 0.3 is 5.97 Å². The lowest BCUT2D eigenvalue weighted by molar-refractivity contribution is -0.132. The Hall–Kier alpha value is -3.65. The first-order valence-electron chi connectivity index (χ1n) is 8.54. The molecule has 0 unspecified atom stereocenters. The van der Waals surface area contributed by atoms with E-state index in [-0.39, 0.29) is 22.8 Å². The standard InChI is InChI=1S/C20H14ClFN4O3/c21-12-4-1-3-11(7-12)17-9-16(20(28)29)25-18-15(10-23-26(17)18)19(27)24-14-6-2-5-13(22)8-14/h1-10,17,25H,(H,24,27)(H,28,29)/t17-/m0/s1. The van der Waals surface area contributed by atoms with Crippen molar-refractivity contribution in [2.75, 3.05) is 10.6 Å². The van der Waals surface area contributed by atoms with Gasteiger partial charge in [0, 0.05) is 10.7 Å². The normalized spacial score (nSPS) is 15.1. The van der Waals surface area contributed by atoms with Crippen LogP contribution in [0.5, 0.6) is 0 Å². The summed E-state index contributed by atoms with van der Waals surface area (Å²) in [6, 6.07) is 11.8. The van der Waals surface area contributed by atoms with Crippen molar-refractivity contribution in [2.24, 2.45) is 0 Å². The molecule has 1 aromatic heterocycles. The fraction of sp³-hybridized carbons (Fsp3) is 0.0500. The summed E-state index contributed by atoms with van der Waals surface area (Å²) < 4.78 is 14.9. The average Bonchev–Trinajstić information content (AvgIpc) is 3.11. The van der Waals surface area contributed by atoms with Crippen LogP contribution in [0, 0.1) is 5.82 Å². The molecule has 1 atom stereocenters. The van der Waals surface area contributed by atoms with Crippen LogP contribution in [0.4, 0.5) is 15.9 Å². The van der Waals surface area contributed by atoms with Crippen molar-refractivity contribution >= 4 is 35.0 Å². The second-order valence-corrected chi connectivity index (χ2v) is 6.76. The van der Waals surface area contributed by atoms with E-state index in [9.17, 15) is 19.1 Å². The molecule has 4 rings (SSSR count). The van der Waals surface area contributed by atoms with Crippen LogP contribution in [0.3, 0.4) is 0 Å². The monoisotopic (exact) mass is 412 g/mol. The molecule has 0 saturated heterocycles. The SMILES string of the molecule is O=C(O)C1=C[C@@H](c2cccc(Cl)c2)n2ncc(C(=O)Nc3cccc(F)c3)c2N1. The molecule has 0 spiro atoms. The Morgan fingerprint density at radius 2 is 2.00 bits per heavy atom. The summed E-state index contributed by atoms with van der Waals surface area (Å²) in [5.74, 6) is -2.01. The number of carbonyl (C=O) groups excluding carboxylic acids is 1. The van der Waals surface area contributed by atoms with Crippen LogP contribution < -0.4 is 10.6 Å². The Morgan fingerprint density at radius 3 is 2.72 bits per heavy atom. The molecule has 3 aromatic rings. The van der Waals surface area contributed by atoms with E-state index in [1.54, 1.807) is 30.3 Å². The number of benzene rings is 2. The second-order valence-electron chi connectivity index (χ2n) is 6.33. The Morgan fingerprint density at radius 1 is 1.21 bits per heavy atom. The van der Waals surface area contributed by atoms with Crippen molar-refractivity contribution in [2.45, 2.75) is 6.04 Å². The third-order valence-corrected chi connectivity index (χ3v) is 4.62. The van der Waals surface area contributed by atoms with E-state index < -0.39 is 23.7 Å². The van der Waals surface area contributed by atoms with Crippen LogP contribution in [0.2, 0.25) is 5.02 Å². The molecule has 7 nitrogen and oxygen atoms in total. The lowest BCUT2D eigenvalue weighted by atomic mass is 10.0. The molecule has 2 heterocycles. The van der Waals surface area contributed by atoms with E-state index in [1.807, 2.05) is 0 Å². The Kier molecular flexibility index (Phi) is 4.77. The third-order valence-electron chi connectivity index (χ3n) is 4.38. The minimum atomic E-state index is -1.18. The van der Waals surface area contributed by atoms with E-state index in [0.717, 1.165) is 0 Å². The van der Waals surface area contributed by atoms with Gasteiger partial charge in [-0.15, -0.1) is 0 Å². The van der Waals surface area contributed by atoms with Crippen molar-refractivity contribution in [3.8, 4) is 0 Å². The molecular formula is C20H14ClFN4O3. The Bertz CT molecular complexity index is 1160. The highest BCUT2D eigenvalue weighted by molar-refractivity contribution is 6.30. The largest absolute Gasteiger partial charge is 0.477 e. The average molecular weight is 413 g/mol. The molecule has 0 fully saturated rings. The molecule has 1 amide bonds. The number of aromatic nitrogens is 2. The summed E-state index contributed by atoms with van der Waals surface area (Å²) >= 11 is 6.07. The van der Waals surface area contributed by atoms with E-state index in [2.05, 4.69) is 15.7 Å². The predicted molar refractivity (Wildman–Crippen MR) is 106 cm³/mol. The number of nitrogens with zero attached hydrogens (tertiary/aromatic N) is 2. The van der Waals surface area contributed by atoms with Crippen LogP contribution in [0.1, 0.15) is 22.0 Å². The van der Waals surface area contributed by atoms with E-state index in [1.165, 1.54) is 35.2 Å². The third kappa shape index (κ3) is 3.70. The highest BCUT2D eigenvalue weighted by atomic mass is 35.5. The van der Waals surface area contributed by atoms with Gasteiger partial charge in [0.25, 0.3) is 5.91 Å². The summed E-state index contributed by atoms with van der Waals surface area (Å²) in [5.41, 5.74) is 1.00. The zero-order chi connectivity index (χ0) is 20.5. The number of hydrogen-bond acceptors (Lipinski definition) is 4. The topological polar surface area (TPSA) is 96.2 Å². The number of carbonyl (C=O) groups is 2. The maximum atomic E-state index is 13.4. The number of hydrogen-bond donors (Lipinski definition) is 3. The molecule has 0 radical (unpaired) electrons. The molecule has 1 aliphatic rings. The van der Waals surface area contributed by atoms with Gasteiger partial charge < -0.3 is 15.7 Å². The molecule has 1 aliphatic heterocycles. The van der Waals surface area contributed by atoms with Crippen molar-refractivity contribution in [3.63, 3.8) is 0 Å². The number of carboxylic acid groups (broad SMARTS) is 1. The summed E-state index contributed by atoms with van der Waals surface area (Å²) in [6.07, 6.45) is 2.81. The minimum absolute atomic E-state index is 0.0946. The number of nitrogens with one attached hydrogen (secondary N) is 2. The quantitative estimate of drug-likeness (QED) is 0.603. The van der Waals surface area contributed by atoms with Gasteiger partial charge in [-0.25, -0.2) is 13.9 Å².